The zero-order chi connectivity index (χ0) is 29.3. The molecule has 0 amide bonds. The molecular formula is C26H16ClF5N8. The summed E-state index contributed by atoms with van der Waals surface area (Å²) in [5.74, 6) is -3.09. The minimum absolute atomic E-state index is 0.0270. The molecule has 3 heterocycles. The van der Waals surface area contributed by atoms with Gasteiger partial charge in [0.25, 0.3) is 6.43 Å². The molecule has 5 rings (SSSR count). The Morgan fingerprint density at radius 3 is 2.52 bits per heavy atom. The maximum Gasteiger partial charge on any atom is 0.257 e. The van der Waals surface area contributed by atoms with Gasteiger partial charge in [0.1, 0.15) is 24.1 Å². The van der Waals surface area contributed by atoms with Crippen molar-refractivity contribution in [2.45, 2.75) is 19.0 Å². The number of anilines is 3. The normalized spacial score (nSPS) is 13.1. The van der Waals surface area contributed by atoms with E-state index >= 15 is 0 Å². The molecule has 3 aromatic heterocycles. The zero-order valence-corrected chi connectivity index (χ0v) is 20.8. The summed E-state index contributed by atoms with van der Waals surface area (Å²) in [4.78, 5) is 7.56. The van der Waals surface area contributed by atoms with Crippen molar-refractivity contribution in [2.24, 2.45) is 0 Å². The van der Waals surface area contributed by atoms with Gasteiger partial charge in [0.15, 0.2) is 5.82 Å². The largest absolute Gasteiger partial charge is 0.373 e. The van der Waals surface area contributed by atoms with E-state index in [9.17, 15) is 28.6 Å². The van der Waals surface area contributed by atoms with Crippen LogP contribution in [0.2, 0.25) is 5.02 Å². The second-order valence-corrected chi connectivity index (χ2v) is 8.77. The number of benzene rings is 2. The maximum absolute atomic E-state index is 13.8. The number of alkyl halides is 2. The lowest BCUT2D eigenvalue weighted by Crippen LogP contribution is -2.13. The Bertz CT molecular complexity index is 1790. The second-order valence-electron chi connectivity index (χ2n) is 8.36. The molecule has 0 saturated heterocycles. The lowest BCUT2D eigenvalue weighted by atomic mass is 10.0. The first-order valence-corrected chi connectivity index (χ1v) is 11.8. The highest BCUT2D eigenvalue weighted by molar-refractivity contribution is 6.36. The van der Waals surface area contributed by atoms with E-state index in [4.69, 9.17) is 11.6 Å². The number of halogens is 6. The molecule has 202 valence electrons. The van der Waals surface area contributed by atoms with Gasteiger partial charge in [-0.05, 0) is 29.8 Å². The van der Waals surface area contributed by atoms with E-state index < -0.39 is 36.6 Å². The standard InChI is InChI=1S/C26H16ClF5N8/c27-19-6-16(36-24(13-1-3-15(28)4-2-13)21-11-40(39-38-21)12-22(30)31)5-18-23(14(8-33)9-34-25(18)19)37-17-7-20(29)26(32)35-10-17/h1-7,9-11,22,24,36H,12H2,(H,34,37)/i24D. The highest BCUT2D eigenvalue weighted by Gasteiger charge is 2.21. The molecule has 14 heteroatoms. The summed E-state index contributed by atoms with van der Waals surface area (Å²) in [5.41, 5.74) is 0.713. The molecule has 2 N–H and O–H groups in total. The van der Waals surface area contributed by atoms with Crippen molar-refractivity contribution < 1.29 is 23.3 Å². The smallest absolute Gasteiger partial charge is 0.257 e. The van der Waals surface area contributed by atoms with Gasteiger partial charge in [-0.15, -0.1) is 5.10 Å². The third-order valence-corrected chi connectivity index (χ3v) is 5.92. The fourth-order valence-corrected chi connectivity index (χ4v) is 4.14. The summed E-state index contributed by atoms with van der Waals surface area (Å²) in [5, 5.41) is 23.4. The van der Waals surface area contributed by atoms with Crippen molar-refractivity contribution >= 4 is 39.6 Å². The minimum Gasteiger partial charge on any atom is -0.373 e. The van der Waals surface area contributed by atoms with Crippen LogP contribution in [-0.4, -0.2) is 31.4 Å². The summed E-state index contributed by atoms with van der Waals surface area (Å²) >= 11 is 6.52. The van der Waals surface area contributed by atoms with Crippen molar-refractivity contribution in [3.8, 4) is 6.07 Å². The average molecular weight is 572 g/mol. The Morgan fingerprint density at radius 1 is 1.05 bits per heavy atom. The molecule has 1 atom stereocenters. The van der Waals surface area contributed by atoms with E-state index in [1.54, 1.807) is 0 Å². The second kappa shape index (κ2) is 11.1. The molecular weight excluding hydrogens is 555 g/mol. The molecule has 40 heavy (non-hydrogen) atoms. The van der Waals surface area contributed by atoms with Gasteiger partial charge in [0.2, 0.25) is 5.95 Å². The predicted octanol–water partition coefficient (Wildman–Crippen LogP) is 6.37. The SMILES string of the molecule is [2H]C(Nc1cc(Cl)c2ncc(C#N)c(Nc3cnc(F)c(F)c3)c2c1)(c1ccc(F)cc1)c1cn(CC(F)F)nn1. The van der Waals surface area contributed by atoms with Crippen LogP contribution in [0.4, 0.5) is 39.0 Å². The Hall–Kier alpha value is -4.83. The highest BCUT2D eigenvalue weighted by atomic mass is 35.5. The Labute approximate surface area is 229 Å². The van der Waals surface area contributed by atoms with Crippen LogP contribution >= 0.6 is 11.6 Å². The molecule has 1 unspecified atom stereocenters. The Balaban J connectivity index is 1.64. The van der Waals surface area contributed by atoms with Gasteiger partial charge in [0.05, 0.1) is 47.3 Å². The first kappa shape index (κ1) is 25.4. The molecule has 0 bridgehead atoms. The third-order valence-electron chi connectivity index (χ3n) is 5.63. The summed E-state index contributed by atoms with van der Waals surface area (Å²) in [7, 11) is 0. The van der Waals surface area contributed by atoms with E-state index in [0.717, 1.165) is 35.3 Å². The van der Waals surface area contributed by atoms with Crippen LogP contribution in [0.1, 0.15) is 24.2 Å². The number of fused-ring (bicyclic) bond motifs is 1. The molecule has 0 spiro atoms. The Morgan fingerprint density at radius 2 is 1.82 bits per heavy atom. The van der Waals surface area contributed by atoms with Crippen molar-refractivity contribution in [1.29, 1.82) is 5.26 Å². The first-order chi connectivity index (χ1) is 19.6. The molecule has 0 radical (unpaired) electrons. The van der Waals surface area contributed by atoms with Crippen LogP contribution in [0.15, 0.2) is 61.1 Å². The number of aromatic nitrogens is 5. The van der Waals surface area contributed by atoms with E-state index in [1.807, 2.05) is 6.07 Å². The molecule has 0 aliphatic carbocycles. The fraction of sp³-hybridized carbons (Fsp3) is 0.115. The maximum atomic E-state index is 13.8. The van der Waals surface area contributed by atoms with Crippen LogP contribution in [0.3, 0.4) is 0 Å². The highest BCUT2D eigenvalue weighted by Crippen LogP contribution is 2.36. The number of rotatable bonds is 8. The van der Waals surface area contributed by atoms with Crippen molar-refractivity contribution in [2.75, 3.05) is 10.6 Å². The lowest BCUT2D eigenvalue weighted by molar-refractivity contribution is 0.121. The monoisotopic (exact) mass is 571 g/mol. The van der Waals surface area contributed by atoms with E-state index in [1.165, 1.54) is 30.5 Å². The van der Waals surface area contributed by atoms with E-state index in [2.05, 4.69) is 30.9 Å². The number of hydrogen-bond donors (Lipinski definition) is 2. The van der Waals surface area contributed by atoms with Crippen molar-refractivity contribution in [1.82, 2.24) is 25.0 Å². The predicted molar refractivity (Wildman–Crippen MR) is 137 cm³/mol. The molecule has 2 aromatic carbocycles. The van der Waals surface area contributed by atoms with Gasteiger partial charge in [-0.1, -0.05) is 28.9 Å². The summed E-state index contributed by atoms with van der Waals surface area (Å²) < 4.78 is 77.0. The number of nitrogens with zero attached hydrogens (tertiary/aromatic N) is 6. The summed E-state index contributed by atoms with van der Waals surface area (Å²) in [6.07, 6.45) is 0.712. The summed E-state index contributed by atoms with van der Waals surface area (Å²) in [6, 6.07) is 8.64. The van der Waals surface area contributed by atoms with E-state index in [0.29, 0.717) is 0 Å². The quantitative estimate of drug-likeness (QED) is 0.165. The molecule has 8 nitrogen and oxygen atoms in total. The van der Waals surface area contributed by atoms with Gasteiger partial charge in [-0.3, -0.25) is 4.98 Å². The van der Waals surface area contributed by atoms with E-state index in [-0.39, 0.29) is 49.8 Å². The molecule has 0 aliphatic rings. The number of pyridine rings is 2. The average Bonchev–Trinajstić information content (AvgIpc) is 3.40. The van der Waals surface area contributed by atoms with Crippen molar-refractivity contribution in [3.63, 3.8) is 0 Å². The lowest BCUT2D eigenvalue weighted by Gasteiger charge is -2.20. The Kier molecular flexibility index (Phi) is 7.07. The minimum atomic E-state index is -2.72. The van der Waals surface area contributed by atoms with Crippen LogP contribution in [0.5, 0.6) is 0 Å². The number of hydrogen-bond acceptors (Lipinski definition) is 7. The number of nitriles is 1. The third kappa shape index (κ3) is 5.62. The van der Waals surface area contributed by atoms with Crippen LogP contribution < -0.4 is 10.6 Å². The van der Waals surface area contributed by atoms with Gasteiger partial charge < -0.3 is 10.6 Å². The molecule has 0 saturated carbocycles. The molecule has 5 aromatic rings. The van der Waals surface area contributed by atoms with Gasteiger partial charge >= 0.3 is 0 Å². The van der Waals surface area contributed by atoms with Crippen LogP contribution in [0.25, 0.3) is 10.9 Å². The topological polar surface area (TPSA) is 104 Å². The molecule has 0 fully saturated rings. The fourth-order valence-electron chi connectivity index (χ4n) is 3.87. The summed E-state index contributed by atoms with van der Waals surface area (Å²) in [6.45, 7) is -0.759. The van der Waals surface area contributed by atoms with Crippen LogP contribution in [0, 0.1) is 28.9 Å². The number of nitrogens with one attached hydrogen (secondary N) is 2. The zero-order valence-electron chi connectivity index (χ0n) is 21.0. The van der Waals surface area contributed by atoms with Gasteiger partial charge in [0, 0.05) is 23.3 Å². The molecule has 0 aliphatic heterocycles. The van der Waals surface area contributed by atoms with Gasteiger partial charge in [-0.25, -0.2) is 27.2 Å². The van der Waals surface area contributed by atoms with Crippen LogP contribution in [-0.2, 0) is 6.54 Å². The van der Waals surface area contributed by atoms with Gasteiger partial charge in [-0.2, -0.15) is 9.65 Å². The van der Waals surface area contributed by atoms with Crippen molar-refractivity contribution in [3.05, 3.63) is 100 Å². The first-order valence-electron chi connectivity index (χ1n) is 11.9.